The van der Waals surface area contributed by atoms with E-state index >= 15 is 0 Å². The van der Waals surface area contributed by atoms with Gasteiger partial charge in [-0.3, -0.25) is 9.59 Å². The number of carbonyl (C=O) groups excluding carboxylic acids is 2. The predicted molar refractivity (Wildman–Crippen MR) is 375 cm³/mol. The Bertz CT molecular complexity index is 1290. The lowest BCUT2D eigenvalue weighted by molar-refractivity contribution is -0.143. The first kappa shape index (κ1) is 83.6. The highest BCUT2D eigenvalue weighted by atomic mass is 16.5. The average Bonchev–Trinajstić information content (AvgIpc) is 3.50. The van der Waals surface area contributed by atoms with Crippen LogP contribution < -0.4 is 5.32 Å². The number of hydrogen-bond donors (Lipinski definition) is 3. The van der Waals surface area contributed by atoms with Crippen molar-refractivity contribution in [3.8, 4) is 0 Å². The van der Waals surface area contributed by atoms with Gasteiger partial charge in [0.2, 0.25) is 5.91 Å². The molecule has 0 spiro atoms. The molecule has 1 amide bonds. The first-order chi connectivity index (χ1) is 42.0. The molecule has 2 atom stereocenters. The number of aliphatic hydroxyl groups excluding tert-OH is 2. The molecule has 6 heteroatoms. The summed E-state index contributed by atoms with van der Waals surface area (Å²) in [4.78, 5) is 24.6. The number of esters is 1. The Morgan fingerprint density at radius 1 is 0.318 bits per heavy atom. The summed E-state index contributed by atoms with van der Waals surface area (Å²) in [5, 5.41) is 23.1. The second kappa shape index (κ2) is 75.1. The highest BCUT2D eigenvalue weighted by molar-refractivity contribution is 5.76. The van der Waals surface area contributed by atoms with Gasteiger partial charge >= 0.3 is 5.97 Å². The van der Waals surface area contributed by atoms with Gasteiger partial charge in [0.1, 0.15) is 0 Å². The van der Waals surface area contributed by atoms with Crippen LogP contribution in [0.15, 0.2) is 12.2 Å². The lowest BCUT2D eigenvalue weighted by Gasteiger charge is -2.20. The Morgan fingerprint density at radius 3 is 0.800 bits per heavy atom. The fourth-order valence-electron chi connectivity index (χ4n) is 12.8. The minimum Gasteiger partial charge on any atom is -0.466 e. The Morgan fingerprint density at radius 2 is 0.541 bits per heavy atom. The van der Waals surface area contributed by atoms with Gasteiger partial charge in [0.05, 0.1) is 25.4 Å². The molecule has 506 valence electrons. The number of hydrogen-bond acceptors (Lipinski definition) is 5. The fourth-order valence-corrected chi connectivity index (χ4v) is 12.8. The molecule has 2 unspecified atom stereocenters. The van der Waals surface area contributed by atoms with Crippen molar-refractivity contribution >= 4 is 11.9 Å². The summed E-state index contributed by atoms with van der Waals surface area (Å²) in [6.45, 7) is 4.95. The van der Waals surface area contributed by atoms with Crippen molar-refractivity contribution in [1.29, 1.82) is 0 Å². The molecule has 0 saturated carbocycles. The van der Waals surface area contributed by atoms with Crippen molar-refractivity contribution in [3.63, 3.8) is 0 Å². The quantitative estimate of drug-likeness (QED) is 0.0320. The van der Waals surface area contributed by atoms with Crippen LogP contribution >= 0.6 is 0 Å². The second-order valence-corrected chi connectivity index (χ2v) is 27.4. The van der Waals surface area contributed by atoms with Gasteiger partial charge in [-0.2, -0.15) is 0 Å². The summed E-state index contributed by atoms with van der Waals surface area (Å²) in [5.74, 6) is -0.0310. The lowest BCUT2D eigenvalue weighted by Crippen LogP contribution is -2.45. The maximum atomic E-state index is 12.5. The molecule has 0 aromatic carbocycles. The molecule has 85 heavy (non-hydrogen) atoms. The van der Waals surface area contributed by atoms with Gasteiger partial charge in [-0.05, 0) is 32.1 Å². The Kier molecular flexibility index (Phi) is 73.8. The topological polar surface area (TPSA) is 95.9 Å². The number of unbranched alkanes of at least 4 members (excludes halogenated alkanes) is 64. The number of nitrogens with one attached hydrogen (secondary N) is 1. The monoisotopic (exact) mass is 1200 g/mol. The fraction of sp³-hybridized carbons (Fsp3) is 0.949. The zero-order chi connectivity index (χ0) is 61.3. The molecule has 0 rings (SSSR count). The summed E-state index contributed by atoms with van der Waals surface area (Å²) in [6, 6.07) is -0.622. The SMILES string of the molecule is CCCCCCCCCCCCC/C=C/C(O)C(CO)NC(=O)CCCCCCCCCCCCCCCCCCCCCCCCCCCCCCCCCCCCCCCCCOC(=O)CCCCCCCCCCCCCCCCCC. The van der Waals surface area contributed by atoms with Crippen LogP contribution in [0.2, 0.25) is 0 Å². The van der Waals surface area contributed by atoms with E-state index in [9.17, 15) is 19.8 Å². The molecule has 0 fully saturated rings. The molecular formula is C79H155NO5. The van der Waals surface area contributed by atoms with Gasteiger partial charge < -0.3 is 20.3 Å². The molecule has 0 saturated heterocycles. The van der Waals surface area contributed by atoms with Crippen molar-refractivity contribution in [2.45, 2.75) is 469 Å². The smallest absolute Gasteiger partial charge is 0.305 e. The van der Waals surface area contributed by atoms with Gasteiger partial charge in [0.15, 0.2) is 0 Å². The van der Waals surface area contributed by atoms with E-state index in [1.54, 1.807) is 6.08 Å². The van der Waals surface area contributed by atoms with Crippen molar-refractivity contribution < 1.29 is 24.5 Å². The van der Waals surface area contributed by atoms with E-state index in [0.717, 1.165) is 38.5 Å². The minimum absolute atomic E-state index is 0.0284. The second-order valence-electron chi connectivity index (χ2n) is 27.4. The third kappa shape index (κ3) is 71.6. The third-order valence-electron chi connectivity index (χ3n) is 18.8. The molecule has 0 radical (unpaired) electrons. The first-order valence-corrected chi connectivity index (χ1v) is 39.5. The van der Waals surface area contributed by atoms with Crippen LogP contribution in [0.1, 0.15) is 457 Å². The first-order valence-electron chi connectivity index (χ1n) is 39.5. The molecule has 0 aromatic heterocycles. The lowest BCUT2D eigenvalue weighted by atomic mass is 10.0. The van der Waals surface area contributed by atoms with Crippen LogP contribution in [-0.4, -0.2) is 47.4 Å². The molecular weight excluding hydrogens is 1040 g/mol. The number of rotatable bonds is 75. The number of aliphatic hydroxyl groups is 2. The average molecular weight is 1200 g/mol. The van der Waals surface area contributed by atoms with Crippen molar-refractivity contribution in [3.05, 3.63) is 12.2 Å². The zero-order valence-electron chi connectivity index (χ0n) is 58.1. The molecule has 0 aromatic rings. The van der Waals surface area contributed by atoms with E-state index in [2.05, 4.69) is 19.2 Å². The highest BCUT2D eigenvalue weighted by Crippen LogP contribution is 2.20. The molecule has 0 aliphatic carbocycles. The molecule has 6 nitrogen and oxygen atoms in total. The minimum atomic E-state index is -0.838. The summed E-state index contributed by atoms with van der Waals surface area (Å²) in [5.41, 5.74) is 0. The summed E-state index contributed by atoms with van der Waals surface area (Å²) < 4.78 is 5.51. The Hall–Kier alpha value is -1.40. The van der Waals surface area contributed by atoms with Crippen LogP contribution in [0.3, 0.4) is 0 Å². The van der Waals surface area contributed by atoms with E-state index in [4.69, 9.17) is 4.74 Å². The van der Waals surface area contributed by atoms with E-state index in [-0.39, 0.29) is 18.5 Å². The van der Waals surface area contributed by atoms with Crippen molar-refractivity contribution in [2.75, 3.05) is 13.2 Å². The number of allylic oxidation sites excluding steroid dienone is 1. The largest absolute Gasteiger partial charge is 0.466 e. The van der Waals surface area contributed by atoms with E-state index < -0.39 is 12.1 Å². The molecule has 0 heterocycles. The van der Waals surface area contributed by atoms with Gasteiger partial charge in [-0.25, -0.2) is 0 Å². The van der Waals surface area contributed by atoms with Crippen LogP contribution in [0.25, 0.3) is 0 Å². The van der Waals surface area contributed by atoms with Crippen LogP contribution in [0, 0.1) is 0 Å². The third-order valence-corrected chi connectivity index (χ3v) is 18.8. The molecule has 3 N–H and O–H groups in total. The van der Waals surface area contributed by atoms with Crippen molar-refractivity contribution in [1.82, 2.24) is 5.32 Å². The molecule has 0 aliphatic rings. The van der Waals surface area contributed by atoms with Crippen LogP contribution in [-0.2, 0) is 14.3 Å². The molecule has 0 aliphatic heterocycles. The standard InChI is InChI=1S/C79H155NO5/c1-3-5-7-9-11-13-15-17-18-45-49-53-57-61-65-69-73-79(84)85-74-70-66-62-58-54-50-46-43-41-39-37-35-33-31-29-27-25-23-21-19-20-22-24-26-28-30-32-34-36-38-40-42-44-48-52-56-60-64-68-72-78(83)80-76(75-81)77(82)71-67-63-59-55-51-47-16-14-12-10-8-6-4-2/h67,71,76-77,81-82H,3-66,68-70,72-75H2,1-2H3,(H,80,83)/b71-67+. The van der Waals surface area contributed by atoms with Crippen LogP contribution in [0.5, 0.6) is 0 Å². The Labute approximate surface area is 533 Å². The summed E-state index contributed by atoms with van der Waals surface area (Å²) in [6.07, 6.45) is 95.0. The number of carbonyl (C=O) groups is 2. The maximum absolute atomic E-state index is 12.5. The molecule has 0 bridgehead atoms. The van der Waals surface area contributed by atoms with Gasteiger partial charge in [-0.15, -0.1) is 0 Å². The zero-order valence-corrected chi connectivity index (χ0v) is 58.1. The maximum Gasteiger partial charge on any atom is 0.305 e. The van der Waals surface area contributed by atoms with Gasteiger partial charge in [0.25, 0.3) is 0 Å². The predicted octanol–water partition coefficient (Wildman–Crippen LogP) is 25.9. The van der Waals surface area contributed by atoms with E-state index in [1.807, 2.05) is 6.08 Å². The van der Waals surface area contributed by atoms with Gasteiger partial charge in [-0.1, -0.05) is 424 Å². The Balaban J connectivity index is 3.27. The summed E-state index contributed by atoms with van der Waals surface area (Å²) in [7, 11) is 0. The summed E-state index contributed by atoms with van der Waals surface area (Å²) >= 11 is 0. The van der Waals surface area contributed by atoms with E-state index in [0.29, 0.717) is 19.4 Å². The number of ether oxygens (including phenoxy) is 1. The normalized spacial score (nSPS) is 12.5. The van der Waals surface area contributed by atoms with Gasteiger partial charge in [0, 0.05) is 12.8 Å². The van der Waals surface area contributed by atoms with E-state index in [1.165, 1.54) is 392 Å². The van der Waals surface area contributed by atoms with Crippen molar-refractivity contribution in [2.24, 2.45) is 0 Å². The highest BCUT2D eigenvalue weighted by Gasteiger charge is 2.18. The number of amides is 1. The van der Waals surface area contributed by atoms with Crippen LogP contribution in [0.4, 0.5) is 0 Å².